The van der Waals surface area contributed by atoms with E-state index in [1.54, 1.807) is 0 Å². The van der Waals surface area contributed by atoms with Crippen molar-refractivity contribution < 1.29 is 0 Å². The topological polar surface area (TPSA) is 32.5 Å². The highest BCUT2D eigenvalue weighted by Gasteiger charge is 2.31. The summed E-state index contributed by atoms with van der Waals surface area (Å²) in [7, 11) is 0. The van der Waals surface area contributed by atoms with Crippen molar-refractivity contribution in [1.29, 1.82) is 0 Å². The zero-order valence-corrected chi connectivity index (χ0v) is 15.4. The van der Waals surface area contributed by atoms with E-state index < -0.39 is 0 Å². The molecule has 2 aliphatic rings. The fraction of sp³-hybridized carbons (Fsp3) is 0.625. The molecule has 116 valence electrons. The maximum atomic E-state index is 6.13. The number of fused-ring (bicyclic) bond motifs is 1. The van der Waals surface area contributed by atoms with E-state index >= 15 is 0 Å². The largest absolute Gasteiger partial charge is 0.329 e. The maximum absolute atomic E-state index is 6.13. The van der Waals surface area contributed by atoms with Crippen LogP contribution in [0, 0.1) is 0 Å². The van der Waals surface area contributed by atoms with Gasteiger partial charge in [0.1, 0.15) is 0 Å². The van der Waals surface area contributed by atoms with Crippen molar-refractivity contribution in [3.05, 3.63) is 32.7 Å². The summed E-state index contributed by atoms with van der Waals surface area (Å²) in [6, 6.07) is 7.58. The Balaban J connectivity index is 1.79. The quantitative estimate of drug-likeness (QED) is 0.819. The fourth-order valence-corrected chi connectivity index (χ4v) is 4.38. The van der Waals surface area contributed by atoms with Gasteiger partial charge >= 0.3 is 0 Å². The molecular formula is C16H23Br2N3. The van der Waals surface area contributed by atoms with Gasteiger partial charge in [-0.2, -0.15) is 0 Å². The van der Waals surface area contributed by atoms with E-state index in [1.807, 2.05) is 0 Å². The molecule has 3 nitrogen and oxygen atoms in total. The molecule has 5 heteroatoms. The lowest BCUT2D eigenvalue weighted by Gasteiger charge is -2.32. The van der Waals surface area contributed by atoms with E-state index in [1.165, 1.54) is 37.9 Å². The smallest absolute Gasteiger partial charge is 0.0471 e. The Kier molecular flexibility index (Phi) is 5.38. The van der Waals surface area contributed by atoms with Gasteiger partial charge in [0.15, 0.2) is 0 Å². The minimum Gasteiger partial charge on any atom is -0.329 e. The molecule has 0 aromatic heterocycles. The predicted octanol–water partition coefficient (Wildman–Crippen LogP) is 3.38. The van der Waals surface area contributed by atoms with Gasteiger partial charge < -0.3 is 5.73 Å². The molecule has 2 unspecified atom stereocenters. The van der Waals surface area contributed by atoms with Crippen LogP contribution in [0.15, 0.2) is 27.1 Å². The van der Waals surface area contributed by atoms with Crippen molar-refractivity contribution in [2.45, 2.75) is 31.3 Å². The highest BCUT2D eigenvalue weighted by atomic mass is 79.9. The Morgan fingerprint density at radius 3 is 2.71 bits per heavy atom. The molecule has 2 saturated heterocycles. The van der Waals surface area contributed by atoms with Gasteiger partial charge in [-0.1, -0.05) is 6.07 Å². The Bertz CT molecular complexity index is 494. The third-order valence-corrected chi connectivity index (χ3v) is 6.71. The van der Waals surface area contributed by atoms with Crippen LogP contribution < -0.4 is 5.73 Å². The van der Waals surface area contributed by atoms with Crippen LogP contribution in [-0.2, 0) is 0 Å². The Labute approximate surface area is 144 Å². The average molecular weight is 417 g/mol. The van der Waals surface area contributed by atoms with Crippen LogP contribution >= 0.6 is 31.9 Å². The Morgan fingerprint density at radius 2 is 1.95 bits per heavy atom. The number of nitrogens with zero attached hydrogens (tertiary/aromatic N) is 2. The molecule has 1 aromatic rings. The SMILES string of the molecule is NCC(c1ccc(Br)c(Br)c1)N1CCCN2CCCC2C1. The molecular weight excluding hydrogens is 394 g/mol. The summed E-state index contributed by atoms with van der Waals surface area (Å²) < 4.78 is 2.20. The molecule has 2 atom stereocenters. The molecule has 3 rings (SSSR count). The second-order valence-corrected chi connectivity index (χ2v) is 7.81. The zero-order valence-electron chi connectivity index (χ0n) is 12.3. The first-order valence-electron chi connectivity index (χ1n) is 7.82. The second-order valence-electron chi connectivity index (χ2n) is 6.11. The minimum atomic E-state index is 0.329. The number of hydrogen-bond donors (Lipinski definition) is 1. The van der Waals surface area contributed by atoms with Gasteiger partial charge in [-0.25, -0.2) is 0 Å². The number of nitrogens with two attached hydrogens (primary N) is 1. The van der Waals surface area contributed by atoms with Crippen LogP contribution in [0.25, 0.3) is 0 Å². The van der Waals surface area contributed by atoms with Crippen LogP contribution in [0.5, 0.6) is 0 Å². The van der Waals surface area contributed by atoms with Crippen LogP contribution in [0.3, 0.4) is 0 Å². The number of rotatable bonds is 3. The number of halogens is 2. The molecule has 2 aliphatic heterocycles. The molecule has 1 aromatic carbocycles. The third-order valence-electron chi connectivity index (χ3n) is 4.83. The summed E-state index contributed by atoms with van der Waals surface area (Å²) in [6.45, 7) is 5.54. The number of hydrogen-bond acceptors (Lipinski definition) is 3. The van der Waals surface area contributed by atoms with Crippen LogP contribution in [0.1, 0.15) is 30.9 Å². The highest BCUT2D eigenvalue weighted by molar-refractivity contribution is 9.13. The normalized spacial score (nSPS) is 25.6. The molecule has 21 heavy (non-hydrogen) atoms. The predicted molar refractivity (Wildman–Crippen MR) is 94.4 cm³/mol. The summed E-state index contributed by atoms with van der Waals surface area (Å²) in [4.78, 5) is 5.27. The second kappa shape index (κ2) is 7.09. The van der Waals surface area contributed by atoms with Crippen molar-refractivity contribution in [1.82, 2.24) is 9.80 Å². The summed E-state index contributed by atoms with van der Waals surface area (Å²) >= 11 is 7.16. The maximum Gasteiger partial charge on any atom is 0.0471 e. The summed E-state index contributed by atoms with van der Waals surface area (Å²) in [5.41, 5.74) is 7.45. The molecule has 0 radical (unpaired) electrons. The van der Waals surface area contributed by atoms with E-state index in [2.05, 4.69) is 59.9 Å². The monoisotopic (exact) mass is 415 g/mol. The van der Waals surface area contributed by atoms with Crippen molar-refractivity contribution in [2.24, 2.45) is 5.73 Å². The van der Waals surface area contributed by atoms with Gasteiger partial charge in [0, 0.05) is 40.7 Å². The van der Waals surface area contributed by atoms with Crippen LogP contribution in [0.4, 0.5) is 0 Å². The van der Waals surface area contributed by atoms with E-state index in [9.17, 15) is 0 Å². The van der Waals surface area contributed by atoms with Gasteiger partial charge in [-0.05, 0) is 81.9 Å². The summed E-state index contributed by atoms with van der Waals surface area (Å²) in [5.74, 6) is 0. The van der Waals surface area contributed by atoms with Gasteiger partial charge in [0.05, 0.1) is 0 Å². The van der Waals surface area contributed by atoms with Gasteiger partial charge in [-0.3, -0.25) is 9.80 Å². The molecule has 2 heterocycles. The molecule has 0 bridgehead atoms. The van der Waals surface area contributed by atoms with Gasteiger partial charge in [0.2, 0.25) is 0 Å². The highest BCUT2D eigenvalue weighted by Crippen LogP contribution is 2.31. The van der Waals surface area contributed by atoms with Crippen molar-refractivity contribution >= 4 is 31.9 Å². The first-order chi connectivity index (χ1) is 10.2. The lowest BCUT2D eigenvalue weighted by atomic mass is 10.0. The lowest BCUT2D eigenvalue weighted by molar-refractivity contribution is 0.176. The average Bonchev–Trinajstić information content (AvgIpc) is 2.82. The zero-order chi connectivity index (χ0) is 14.8. The first-order valence-corrected chi connectivity index (χ1v) is 9.40. The molecule has 0 amide bonds. The standard InChI is InChI=1S/C16H23Br2N3/c17-14-5-4-12(9-15(14)18)16(10-19)21-8-2-7-20-6-1-3-13(20)11-21/h4-5,9,13,16H,1-3,6-8,10-11,19H2. The molecule has 0 saturated carbocycles. The van der Waals surface area contributed by atoms with E-state index in [-0.39, 0.29) is 0 Å². The Hall–Kier alpha value is 0.0600. The molecule has 2 fully saturated rings. The Morgan fingerprint density at radius 1 is 1.14 bits per heavy atom. The van der Waals surface area contributed by atoms with E-state index in [0.717, 1.165) is 28.1 Å². The minimum absolute atomic E-state index is 0.329. The number of benzene rings is 1. The molecule has 0 spiro atoms. The van der Waals surface area contributed by atoms with Crippen molar-refractivity contribution in [3.8, 4) is 0 Å². The molecule has 2 N–H and O–H groups in total. The molecule has 0 aliphatic carbocycles. The third kappa shape index (κ3) is 3.53. The van der Waals surface area contributed by atoms with Crippen LogP contribution in [-0.4, -0.2) is 48.6 Å². The van der Waals surface area contributed by atoms with Crippen molar-refractivity contribution in [2.75, 3.05) is 32.7 Å². The summed E-state index contributed by atoms with van der Waals surface area (Å²) in [6.07, 6.45) is 3.96. The fourth-order valence-electron chi connectivity index (χ4n) is 3.73. The van der Waals surface area contributed by atoms with Crippen molar-refractivity contribution in [3.63, 3.8) is 0 Å². The summed E-state index contributed by atoms with van der Waals surface area (Å²) in [5, 5.41) is 0. The first kappa shape index (κ1) is 15.9. The van der Waals surface area contributed by atoms with Gasteiger partial charge in [-0.15, -0.1) is 0 Å². The van der Waals surface area contributed by atoms with Crippen LogP contribution in [0.2, 0.25) is 0 Å². The van der Waals surface area contributed by atoms with E-state index in [0.29, 0.717) is 12.6 Å². The van der Waals surface area contributed by atoms with Gasteiger partial charge in [0.25, 0.3) is 0 Å². The lowest BCUT2D eigenvalue weighted by Crippen LogP contribution is -2.40. The van der Waals surface area contributed by atoms with E-state index in [4.69, 9.17) is 5.73 Å².